The molecule has 0 bridgehead atoms. The summed E-state index contributed by atoms with van der Waals surface area (Å²) in [5.41, 5.74) is 5.77. The van der Waals surface area contributed by atoms with Gasteiger partial charge in [0.15, 0.2) is 0 Å². The molecule has 0 spiro atoms. The van der Waals surface area contributed by atoms with Gasteiger partial charge >= 0.3 is 0 Å². The lowest BCUT2D eigenvalue weighted by Crippen LogP contribution is -2.33. The first-order valence-corrected chi connectivity index (χ1v) is 6.88. The Morgan fingerprint density at radius 2 is 2.11 bits per heavy atom. The molecule has 1 fully saturated rings. The summed E-state index contributed by atoms with van der Waals surface area (Å²) in [7, 11) is 0. The summed E-state index contributed by atoms with van der Waals surface area (Å²) in [4.78, 5) is 8.90. The van der Waals surface area contributed by atoms with Gasteiger partial charge in [0.2, 0.25) is 0 Å². The average Bonchev–Trinajstić information content (AvgIpc) is 2.26. The van der Waals surface area contributed by atoms with E-state index in [-0.39, 0.29) is 5.41 Å². The van der Waals surface area contributed by atoms with Gasteiger partial charge in [-0.05, 0) is 19.8 Å². The number of hydrogen-bond donors (Lipinski definition) is 2. The van der Waals surface area contributed by atoms with Crippen LogP contribution >= 0.6 is 0 Å². The van der Waals surface area contributed by atoms with E-state index in [0.717, 1.165) is 31.1 Å². The number of aromatic nitrogens is 2. The van der Waals surface area contributed by atoms with Crippen molar-refractivity contribution in [1.29, 1.82) is 0 Å². The van der Waals surface area contributed by atoms with Gasteiger partial charge in [-0.3, -0.25) is 0 Å². The Hall–Kier alpha value is -1.36. The standard InChI is InChI=1S/C14H24N4O/c1-9-7-10(5-6-19-9)16-12-8-11(15)17-13(18-12)14(2,3)4/h8-10H,5-7H2,1-4H3,(H3,15,16,17,18). The SMILES string of the molecule is CC1CC(Nc2cc(N)nc(C(C)(C)C)n2)CCO1. The van der Waals surface area contributed by atoms with E-state index < -0.39 is 0 Å². The summed E-state index contributed by atoms with van der Waals surface area (Å²) >= 11 is 0. The average molecular weight is 264 g/mol. The van der Waals surface area contributed by atoms with E-state index in [0.29, 0.717) is 18.0 Å². The van der Waals surface area contributed by atoms with Crippen LogP contribution in [0.15, 0.2) is 6.07 Å². The van der Waals surface area contributed by atoms with Crippen LogP contribution in [-0.4, -0.2) is 28.7 Å². The lowest BCUT2D eigenvalue weighted by molar-refractivity contribution is 0.0232. The molecule has 2 rings (SSSR count). The molecular formula is C14H24N4O. The number of nitrogens with zero attached hydrogens (tertiary/aromatic N) is 2. The third-order valence-electron chi connectivity index (χ3n) is 3.25. The van der Waals surface area contributed by atoms with E-state index in [1.54, 1.807) is 6.07 Å². The number of nitrogen functional groups attached to an aromatic ring is 1. The Morgan fingerprint density at radius 3 is 2.74 bits per heavy atom. The van der Waals surface area contributed by atoms with Crippen molar-refractivity contribution in [2.45, 2.75) is 58.1 Å². The molecule has 1 aromatic rings. The predicted molar refractivity (Wildman–Crippen MR) is 77.2 cm³/mol. The third-order valence-corrected chi connectivity index (χ3v) is 3.25. The van der Waals surface area contributed by atoms with Crippen LogP contribution < -0.4 is 11.1 Å². The van der Waals surface area contributed by atoms with Crippen molar-refractivity contribution in [2.24, 2.45) is 0 Å². The van der Waals surface area contributed by atoms with E-state index in [4.69, 9.17) is 10.5 Å². The molecule has 0 radical (unpaired) electrons. The molecule has 2 atom stereocenters. The Bertz CT molecular complexity index is 442. The largest absolute Gasteiger partial charge is 0.384 e. The molecule has 0 aromatic carbocycles. The van der Waals surface area contributed by atoms with Gasteiger partial charge < -0.3 is 15.8 Å². The maximum atomic E-state index is 5.87. The molecule has 1 aromatic heterocycles. The highest BCUT2D eigenvalue weighted by Crippen LogP contribution is 2.23. The highest BCUT2D eigenvalue weighted by molar-refractivity contribution is 5.46. The summed E-state index contributed by atoms with van der Waals surface area (Å²) in [5.74, 6) is 2.11. The summed E-state index contributed by atoms with van der Waals surface area (Å²) in [6, 6.07) is 2.20. The lowest BCUT2D eigenvalue weighted by atomic mass is 9.96. The van der Waals surface area contributed by atoms with E-state index in [9.17, 15) is 0 Å². The van der Waals surface area contributed by atoms with Crippen molar-refractivity contribution in [3.8, 4) is 0 Å². The summed E-state index contributed by atoms with van der Waals surface area (Å²) < 4.78 is 5.55. The van der Waals surface area contributed by atoms with Gasteiger partial charge in [-0.2, -0.15) is 0 Å². The van der Waals surface area contributed by atoms with Crippen LogP contribution in [0.4, 0.5) is 11.6 Å². The highest BCUT2D eigenvalue weighted by atomic mass is 16.5. The number of nitrogens with two attached hydrogens (primary N) is 1. The van der Waals surface area contributed by atoms with Crippen LogP contribution in [0, 0.1) is 0 Å². The fraction of sp³-hybridized carbons (Fsp3) is 0.714. The molecule has 1 aliphatic rings. The molecule has 1 aliphatic heterocycles. The fourth-order valence-corrected chi connectivity index (χ4v) is 2.21. The number of anilines is 2. The molecule has 3 N–H and O–H groups in total. The molecule has 2 unspecified atom stereocenters. The Kier molecular flexibility index (Phi) is 3.94. The molecule has 106 valence electrons. The van der Waals surface area contributed by atoms with Crippen molar-refractivity contribution >= 4 is 11.6 Å². The van der Waals surface area contributed by atoms with Crippen molar-refractivity contribution in [1.82, 2.24) is 9.97 Å². The second-order valence-electron chi connectivity index (χ2n) is 6.30. The number of rotatable bonds is 2. The third kappa shape index (κ3) is 3.80. The van der Waals surface area contributed by atoms with E-state index >= 15 is 0 Å². The molecule has 0 aliphatic carbocycles. The summed E-state index contributed by atoms with van der Waals surface area (Å²) in [6.07, 6.45) is 2.29. The van der Waals surface area contributed by atoms with Gasteiger partial charge in [-0.15, -0.1) is 0 Å². The molecule has 2 heterocycles. The van der Waals surface area contributed by atoms with Crippen LogP contribution in [0.25, 0.3) is 0 Å². The van der Waals surface area contributed by atoms with Crippen LogP contribution in [0.2, 0.25) is 0 Å². The van der Waals surface area contributed by atoms with Gasteiger partial charge in [0.05, 0.1) is 6.10 Å². The number of nitrogens with one attached hydrogen (secondary N) is 1. The van der Waals surface area contributed by atoms with Gasteiger partial charge in [-0.1, -0.05) is 20.8 Å². The van der Waals surface area contributed by atoms with Crippen LogP contribution in [0.5, 0.6) is 0 Å². The zero-order valence-electron chi connectivity index (χ0n) is 12.2. The quantitative estimate of drug-likeness (QED) is 0.857. The number of hydrogen-bond acceptors (Lipinski definition) is 5. The van der Waals surface area contributed by atoms with E-state index in [1.165, 1.54) is 0 Å². The van der Waals surface area contributed by atoms with E-state index in [1.807, 2.05) is 0 Å². The van der Waals surface area contributed by atoms with Gasteiger partial charge in [-0.25, -0.2) is 9.97 Å². The minimum atomic E-state index is -0.102. The van der Waals surface area contributed by atoms with Crippen LogP contribution in [0.1, 0.15) is 46.4 Å². The second-order valence-corrected chi connectivity index (χ2v) is 6.30. The Balaban J connectivity index is 2.14. The first-order chi connectivity index (χ1) is 8.84. The number of ether oxygens (including phenoxy) is 1. The van der Waals surface area contributed by atoms with Crippen LogP contribution in [-0.2, 0) is 10.2 Å². The van der Waals surface area contributed by atoms with Gasteiger partial charge in [0.1, 0.15) is 17.5 Å². The van der Waals surface area contributed by atoms with Gasteiger partial charge in [0.25, 0.3) is 0 Å². The first-order valence-electron chi connectivity index (χ1n) is 6.88. The van der Waals surface area contributed by atoms with Crippen molar-refractivity contribution in [3.05, 3.63) is 11.9 Å². The maximum absolute atomic E-state index is 5.87. The molecule has 0 amide bonds. The van der Waals surface area contributed by atoms with Crippen molar-refractivity contribution < 1.29 is 4.74 Å². The maximum Gasteiger partial charge on any atom is 0.138 e. The Labute approximate surface area is 115 Å². The molecule has 19 heavy (non-hydrogen) atoms. The monoisotopic (exact) mass is 264 g/mol. The smallest absolute Gasteiger partial charge is 0.138 e. The molecule has 5 nitrogen and oxygen atoms in total. The normalized spacial score (nSPS) is 24.2. The molecule has 5 heteroatoms. The summed E-state index contributed by atoms with van der Waals surface area (Å²) in [5, 5.41) is 3.45. The van der Waals surface area contributed by atoms with Gasteiger partial charge in [0, 0.05) is 24.1 Å². The molecule has 1 saturated heterocycles. The fourth-order valence-electron chi connectivity index (χ4n) is 2.21. The highest BCUT2D eigenvalue weighted by Gasteiger charge is 2.22. The zero-order valence-corrected chi connectivity index (χ0v) is 12.2. The second kappa shape index (κ2) is 5.33. The van der Waals surface area contributed by atoms with Crippen molar-refractivity contribution in [3.63, 3.8) is 0 Å². The predicted octanol–water partition coefficient (Wildman–Crippen LogP) is 2.34. The van der Waals surface area contributed by atoms with Crippen molar-refractivity contribution in [2.75, 3.05) is 17.7 Å². The minimum absolute atomic E-state index is 0.102. The zero-order chi connectivity index (χ0) is 14.0. The molecule has 0 saturated carbocycles. The Morgan fingerprint density at radius 1 is 1.37 bits per heavy atom. The first kappa shape index (κ1) is 14.1. The molecular weight excluding hydrogens is 240 g/mol. The summed E-state index contributed by atoms with van der Waals surface area (Å²) in [6.45, 7) is 9.15. The topological polar surface area (TPSA) is 73.1 Å². The lowest BCUT2D eigenvalue weighted by Gasteiger charge is -2.28. The minimum Gasteiger partial charge on any atom is -0.384 e. The van der Waals surface area contributed by atoms with E-state index in [2.05, 4.69) is 43.0 Å². The van der Waals surface area contributed by atoms with Crippen LogP contribution in [0.3, 0.4) is 0 Å².